The van der Waals surface area contributed by atoms with Crippen LogP contribution < -0.4 is 5.32 Å². The molecule has 1 aromatic carbocycles. The van der Waals surface area contributed by atoms with E-state index in [1.54, 1.807) is 11.3 Å². The van der Waals surface area contributed by atoms with E-state index >= 15 is 0 Å². The number of rotatable bonds is 5. The lowest BCUT2D eigenvalue weighted by atomic mass is 10.1. The van der Waals surface area contributed by atoms with E-state index < -0.39 is 0 Å². The molecular formula is C17H21N3S. The minimum atomic E-state index is 0.502. The fraction of sp³-hybridized carbons (Fsp3) is 0.353. The predicted octanol–water partition coefficient (Wildman–Crippen LogP) is 3.95. The Hall–Kier alpha value is -1.65. The summed E-state index contributed by atoms with van der Waals surface area (Å²) in [6, 6.07) is 9.28. The van der Waals surface area contributed by atoms with Crippen molar-refractivity contribution in [3.63, 3.8) is 0 Å². The Labute approximate surface area is 129 Å². The lowest BCUT2D eigenvalue weighted by Crippen LogP contribution is -2.21. The summed E-state index contributed by atoms with van der Waals surface area (Å²) in [6.07, 6.45) is 4.16. The number of aromatic nitrogens is 2. The van der Waals surface area contributed by atoms with Crippen LogP contribution in [-0.4, -0.2) is 15.6 Å². The molecule has 0 aliphatic rings. The van der Waals surface area contributed by atoms with Gasteiger partial charge in [-0.15, -0.1) is 11.3 Å². The summed E-state index contributed by atoms with van der Waals surface area (Å²) in [4.78, 5) is 5.64. The van der Waals surface area contributed by atoms with Gasteiger partial charge in [-0.2, -0.15) is 0 Å². The molecule has 0 amide bonds. The smallest absolute Gasteiger partial charge is 0.0897 e. The van der Waals surface area contributed by atoms with Crippen LogP contribution >= 0.6 is 11.3 Å². The van der Waals surface area contributed by atoms with Gasteiger partial charge in [0.05, 0.1) is 11.6 Å². The van der Waals surface area contributed by atoms with Crippen LogP contribution in [0.3, 0.4) is 0 Å². The Morgan fingerprint density at radius 3 is 2.86 bits per heavy atom. The lowest BCUT2D eigenvalue weighted by Gasteiger charge is -2.10. The summed E-state index contributed by atoms with van der Waals surface area (Å²) in [5, 5.41) is 5.97. The number of benzene rings is 1. The van der Waals surface area contributed by atoms with Crippen molar-refractivity contribution in [3.8, 4) is 0 Å². The molecule has 0 aliphatic heterocycles. The van der Waals surface area contributed by atoms with Gasteiger partial charge in [-0.3, -0.25) is 0 Å². The second-order valence-corrected chi connectivity index (χ2v) is 6.99. The average Bonchev–Trinajstić information content (AvgIpc) is 3.04. The van der Waals surface area contributed by atoms with Gasteiger partial charge in [0.15, 0.2) is 0 Å². The third kappa shape index (κ3) is 3.17. The van der Waals surface area contributed by atoms with Crippen LogP contribution in [0.25, 0.3) is 10.9 Å². The minimum Gasteiger partial charge on any atom is -0.342 e. The Bertz CT molecular complexity index is 739. The van der Waals surface area contributed by atoms with Crippen LogP contribution in [0.4, 0.5) is 0 Å². The van der Waals surface area contributed by atoms with Gasteiger partial charge in [0.1, 0.15) is 0 Å². The standard InChI is InChI=1S/C17H21N3S/c1-12(2)18-9-14-5-4-6-17-16(14)7-8-20(17)11-15-10-19-13(3)21-15/h4-8,10,12,18H,9,11H2,1-3H3. The first-order valence-electron chi connectivity index (χ1n) is 7.35. The van der Waals surface area contributed by atoms with E-state index in [-0.39, 0.29) is 0 Å². The summed E-state index contributed by atoms with van der Waals surface area (Å²) in [6.45, 7) is 8.22. The molecule has 0 radical (unpaired) electrons. The van der Waals surface area contributed by atoms with Crippen molar-refractivity contribution in [3.05, 3.63) is 52.1 Å². The maximum atomic E-state index is 4.34. The Balaban J connectivity index is 1.89. The van der Waals surface area contributed by atoms with Crippen molar-refractivity contribution in [2.75, 3.05) is 0 Å². The van der Waals surface area contributed by atoms with Crippen LogP contribution in [-0.2, 0) is 13.1 Å². The highest BCUT2D eigenvalue weighted by atomic mass is 32.1. The van der Waals surface area contributed by atoms with Crippen LogP contribution in [0, 0.1) is 6.92 Å². The van der Waals surface area contributed by atoms with Crippen molar-refractivity contribution < 1.29 is 0 Å². The normalized spacial score (nSPS) is 11.6. The zero-order valence-corrected chi connectivity index (χ0v) is 13.6. The number of hydrogen-bond acceptors (Lipinski definition) is 3. The molecule has 0 bridgehead atoms. The van der Waals surface area contributed by atoms with E-state index in [9.17, 15) is 0 Å². The Morgan fingerprint density at radius 1 is 1.29 bits per heavy atom. The fourth-order valence-electron chi connectivity index (χ4n) is 2.54. The molecule has 0 unspecified atom stereocenters. The van der Waals surface area contributed by atoms with Crippen molar-refractivity contribution in [2.45, 2.75) is 39.9 Å². The fourth-order valence-corrected chi connectivity index (χ4v) is 3.33. The van der Waals surface area contributed by atoms with E-state index in [0.29, 0.717) is 6.04 Å². The minimum absolute atomic E-state index is 0.502. The third-order valence-electron chi connectivity index (χ3n) is 3.60. The second kappa shape index (κ2) is 6.00. The molecule has 0 fully saturated rings. The highest BCUT2D eigenvalue weighted by molar-refractivity contribution is 7.11. The third-order valence-corrected chi connectivity index (χ3v) is 4.50. The Morgan fingerprint density at radius 2 is 2.14 bits per heavy atom. The number of fused-ring (bicyclic) bond motifs is 1. The van der Waals surface area contributed by atoms with E-state index in [1.165, 1.54) is 21.3 Å². The molecule has 2 heterocycles. The van der Waals surface area contributed by atoms with E-state index in [1.807, 2.05) is 6.20 Å². The van der Waals surface area contributed by atoms with Crippen molar-refractivity contribution in [1.29, 1.82) is 0 Å². The molecule has 2 aromatic heterocycles. The molecule has 0 aliphatic carbocycles. The van der Waals surface area contributed by atoms with Gasteiger partial charge in [-0.1, -0.05) is 26.0 Å². The highest BCUT2D eigenvalue weighted by Crippen LogP contribution is 2.22. The Kier molecular flexibility index (Phi) is 4.08. The van der Waals surface area contributed by atoms with Crippen LogP contribution in [0.5, 0.6) is 0 Å². The lowest BCUT2D eigenvalue weighted by molar-refractivity contribution is 0.590. The molecule has 21 heavy (non-hydrogen) atoms. The van der Waals surface area contributed by atoms with Crippen molar-refractivity contribution >= 4 is 22.2 Å². The molecule has 0 spiro atoms. The van der Waals surface area contributed by atoms with E-state index in [0.717, 1.165) is 18.1 Å². The van der Waals surface area contributed by atoms with Gasteiger partial charge in [0.2, 0.25) is 0 Å². The maximum absolute atomic E-state index is 4.34. The molecule has 0 atom stereocenters. The first kappa shape index (κ1) is 14.3. The molecule has 3 aromatic rings. The number of nitrogens with one attached hydrogen (secondary N) is 1. The second-order valence-electron chi connectivity index (χ2n) is 5.67. The number of nitrogens with zero attached hydrogens (tertiary/aromatic N) is 2. The van der Waals surface area contributed by atoms with Gasteiger partial charge in [-0.05, 0) is 24.6 Å². The van der Waals surface area contributed by atoms with Crippen LogP contribution in [0.1, 0.15) is 29.3 Å². The van der Waals surface area contributed by atoms with Crippen molar-refractivity contribution in [1.82, 2.24) is 14.9 Å². The van der Waals surface area contributed by atoms with Crippen LogP contribution in [0.15, 0.2) is 36.7 Å². The number of thiazole rings is 1. The molecule has 0 saturated carbocycles. The summed E-state index contributed by atoms with van der Waals surface area (Å²) in [5.41, 5.74) is 2.66. The van der Waals surface area contributed by atoms with Crippen molar-refractivity contribution in [2.24, 2.45) is 0 Å². The number of hydrogen-bond donors (Lipinski definition) is 1. The van der Waals surface area contributed by atoms with Gasteiger partial charge in [0, 0.05) is 40.8 Å². The highest BCUT2D eigenvalue weighted by Gasteiger charge is 2.07. The topological polar surface area (TPSA) is 29.9 Å². The molecule has 3 nitrogen and oxygen atoms in total. The molecule has 1 N–H and O–H groups in total. The molecule has 0 saturated heterocycles. The van der Waals surface area contributed by atoms with Gasteiger partial charge in [0.25, 0.3) is 0 Å². The molecule has 3 rings (SSSR count). The SMILES string of the molecule is Cc1ncc(Cn2ccc3c(CNC(C)C)cccc32)s1. The van der Waals surface area contributed by atoms with E-state index in [4.69, 9.17) is 0 Å². The molecular weight excluding hydrogens is 278 g/mol. The van der Waals surface area contributed by atoms with Gasteiger partial charge in [-0.25, -0.2) is 4.98 Å². The molecule has 110 valence electrons. The van der Waals surface area contributed by atoms with Crippen LogP contribution in [0.2, 0.25) is 0 Å². The van der Waals surface area contributed by atoms with E-state index in [2.05, 4.69) is 66.1 Å². The van der Waals surface area contributed by atoms with Gasteiger partial charge < -0.3 is 9.88 Å². The summed E-state index contributed by atoms with van der Waals surface area (Å²) >= 11 is 1.77. The first-order valence-corrected chi connectivity index (χ1v) is 8.16. The maximum Gasteiger partial charge on any atom is 0.0897 e. The number of aryl methyl sites for hydroxylation is 1. The monoisotopic (exact) mass is 299 g/mol. The van der Waals surface area contributed by atoms with Gasteiger partial charge >= 0.3 is 0 Å². The molecule has 4 heteroatoms. The summed E-state index contributed by atoms with van der Waals surface area (Å²) in [5.74, 6) is 0. The largest absolute Gasteiger partial charge is 0.342 e. The first-order chi connectivity index (χ1) is 10.1. The quantitative estimate of drug-likeness (QED) is 0.773. The summed E-state index contributed by atoms with van der Waals surface area (Å²) in [7, 11) is 0. The zero-order chi connectivity index (χ0) is 14.8. The average molecular weight is 299 g/mol. The zero-order valence-electron chi connectivity index (χ0n) is 12.8. The predicted molar refractivity (Wildman–Crippen MR) is 89.9 cm³/mol. The summed E-state index contributed by atoms with van der Waals surface area (Å²) < 4.78 is 2.31.